The minimum atomic E-state index is -0.531. The number of esters is 1. The zero-order chi connectivity index (χ0) is 30.1. The van der Waals surface area contributed by atoms with Crippen LogP contribution in [0, 0.1) is 20.8 Å². The van der Waals surface area contributed by atoms with E-state index in [0.29, 0.717) is 6.61 Å². The summed E-state index contributed by atoms with van der Waals surface area (Å²) < 4.78 is 5.16. The summed E-state index contributed by atoms with van der Waals surface area (Å²) in [6.07, 6.45) is 6.51. The monoisotopic (exact) mass is 560 g/mol. The summed E-state index contributed by atoms with van der Waals surface area (Å²) >= 11 is 0. The maximum absolute atomic E-state index is 11.6. The molecule has 0 saturated heterocycles. The Balaban J connectivity index is 1.43. The normalized spacial score (nSPS) is 11.0. The highest BCUT2D eigenvalue weighted by Crippen LogP contribution is 2.34. The Morgan fingerprint density at radius 3 is 1.86 bits per heavy atom. The quantitative estimate of drug-likeness (QED) is 0.101. The molecule has 3 nitrogen and oxygen atoms in total. The highest BCUT2D eigenvalue weighted by Gasteiger charge is 2.11. The summed E-state index contributed by atoms with van der Waals surface area (Å²) in [5.74, 6) is -0.531. The van der Waals surface area contributed by atoms with Crippen LogP contribution in [0.25, 0.3) is 33.4 Å². The number of rotatable bonds is 13. The summed E-state index contributed by atoms with van der Waals surface area (Å²) in [5, 5.41) is 8.97. The third kappa shape index (κ3) is 7.86. The number of carbonyl (C=O) groups excluding carboxylic acids is 1. The molecule has 0 aliphatic heterocycles. The minimum absolute atomic E-state index is 0.0856. The molecule has 4 rings (SSSR count). The fourth-order valence-corrected chi connectivity index (χ4v) is 5.53. The van der Waals surface area contributed by atoms with Gasteiger partial charge in [0.05, 0.1) is 18.8 Å². The lowest BCUT2D eigenvalue weighted by atomic mass is 9.90. The van der Waals surface area contributed by atoms with Crippen molar-refractivity contribution in [2.75, 3.05) is 13.2 Å². The first kappa shape index (κ1) is 31.0. The number of aliphatic hydroxyl groups excluding tert-OH is 1. The van der Waals surface area contributed by atoms with Gasteiger partial charge in [-0.05, 0) is 108 Å². The molecule has 0 heterocycles. The first-order valence-corrected chi connectivity index (χ1v) is 15.2. The summed E-state index contributed by atoms with van der Waals surface area (Å²) in [6, 6.07) is 29.2. The summed E-state index contributed by atoms with van der Waals surface area (Å²) in [5.41, 5.74) is 14.0. The van der Waals surface area contributed by atoms with Gasteiger partial charge in [-0.2, -0.15) is 0 Å². The van der Waals surface area contributed by atoms with E-state index in [4.69, 9.17) is 9.84 Å². The van der Waals surface area contributed by atoms with Gasteiger partial charge in [0.25, 0.3) is 0 Å². The number of aryl methyl sites for hydroxylation is 5. The zero-order valence-electron chi connectivity index (χ0n) is 25.6. The molecule has 0 saturated carbocycles. The first-order valence-electron chi connectivity index (χ1n) is 15.2. The average molecular weight is 561 g/mol. The Bertz CT molecular complexity index is 1530. The zero-order valence-corrected chi connectivity index (χ0v) is 25.6. The van der Waals surface area contributed by atoms with Crippen molar-refractivity contribution in [3.8, 4) is 33.4 Å². The molecule has 42 heavy (non-hydrogen) atoms. The van der Waals surface area contributed by atoms with E-state index >= 15 is 0 Å². The van der Waals surface area contributed by atoms with Crippen LogP contribution in [-0.2, 0) is 22.4 Å². The van der Waals surface area contributed by atoms with E-state index in [1.54, 1.807) is 0 Å². The molecule has 0 aliphatic carbocycles. The maximum Gasteiger partial charge on any atom is 0.335 e. The molecule has 1 N–H and O–H groups in total. The molecule has 0 fully saturated rings. The summed E-state index contributed by atoms with van der Waals surface area (Å²) in [4.78, 5) is 11.6. The minimum Gasteiger partial charge on any atom is -0.462 e. The van der Waals surface area contributed by atoms with Crippen LogP contribution in [0.2, 0.25) is 0 Å². The van der Waals surface area contributed by atoms with Gasteiger partial charge in [-0.3, -0.25) is 0 Å². The van der Waals surface area contributed by atoms with Crippen molar-refractivity contribution in [1.82, 2.24) is 0 Å². The van der Waals surface area contributed by atoms with Gasteiger partial charge in [0.1, 0.15) is 0 Å². The predicted molar refractivity (Wildman–Crippen MR) is 176 cm³/mol. The number of carbonyl (C=O) groups is 1. The molecular weight excluding hydrogens is 516 g/mol. The summed E-state index contributed by atoms with van der Waals surface area (Å²) in [6.45, 7) is 12.2. The second-order valence-corrected chi connectivity index (χ2v) is 11.4. The van der Waals surface area contributed by atoms with Gasteiger partial charge in [0, 0.05) is 0 Å². The predicted octanol–water partition coefficient (Wildman–Crippen LogP) is 9.37. The Morgan fingerprint density at radius 1 is 0.667 bits per heavy atom. The number of unbranched alkanes of at least 4 members (excludes halogenated alkanes) is 2. The molecule has 0 unspecified atom stereocenters. The second kappa shape index (κ2) is 14.8. The van der Waals surface area contributed by atoms with E-state index in [1.807, 2.05) is 0 Å². The fraction of sp³-hybridized carbons (Fsp3) is 0.308. The van der Waals surface area contributed by atoms with E-state index in [0.717, 1.165) is 19.3 Å². The van der Waals surface area contributed by atoms with E-state index in [1.165, 1.54) is 80.5 Å². The molecule has 0 aliphatic rings. The fourth-order valence-electron chi connectivity index (χ4n) is 5.53. The van der Waals surface area contributed by atoms with E-state index in [2.05, 4.69) is 113 Å². The first-order chi connectivity index (χ1) is 20.3. The molecule has 0 bridgehead atoms. The Labute approximate surface area is 251 Å². The van der Waals surface area contributed by atoms with Crippen molar-refractivity contribution in [3.05, 3.63) is 119 Å². The van der Waals surface area contributed by atoms with Gasteiger partial charge < -0.3 is 9.84 Å². The number of benzene rings is 4. The molecule has 4 aromatic rings. The number of ether oxygens (including phenoxy) is 1. The van der Waals surface area contributed by atoms with Gasteiger partial charge in [-0.25, -0.2) is 4.79 Å². The van der Waals surface area contributed by atoms with Crippen LogP contribution >= 0.6 is 0 Å². The van der Waals surface area contributed by atoms with Crippen molar-refractivity contribution in [2.24, 2.45) is 0 Å². The van der Waals surface area contributed by atoms with Crippen LogP contribution in [0.5, 0.6) is 0 Å². The molecule has 218 valence electrons. The van der Waals surface area contributed by atoms with Crippen LogP contribution in [0.15, 0.2) is 91.0 Å². The van der Waals surface area contributed by atoms with Gasteiger partial charge in [0.2, 0.25) is 0 Å². The Hall–Kier alpha value is -3.95. The maximum atomic E-state index is 11.6. The van der Waals surface area contributed by atoms with Gasteiger partial charge in [-0.1, -0.05) is 105 Å². The third-order valence-corrected chi connectivity index (χ3v) is 8.02. The SMILES string of the molecule is C=C(CO)C(=O)OCCCc1ccc(-c2ccc(-c3ccc(-c4ccc(CCCCC)cc4)cc3C)cc2C)c(C)c1. The Kier molecular flexibility index (Phi) is 10.9. The molecule has 0 atom stereocenters. The lowest BCUT2D eigenvalue weighted by molar-refractivity contribution is -0.139. The molecule has 0 spiro atoms. The molecular formula is C39H44O3. The van der Waals surface area contributed by atoms with Crippen molar-refractivity contribution >= 4 is 5.97 Å². The number of hydrogen-bond donors (Lipinski definition) is 1. The summed E-state index contributed by atoms with van der Waals surface area (Å²) in [7, 11) is 0. The van der Waals surface area contributed by atoms with E-state index in [-0.39, 0.29) is 12.2 Å². The van der Waals surface area contributed by atoms with Crippen molar-refractivity contribution in [1.29, 1.82) is 0 Å². The topological polar surface area (TPSA) is 46.5 Å². The molecule has 0 aromatic heterocycles. The highest BCUT2D eigenvalue weighted by molar-refractivity contribution is 5.87. The number of aliphatic hydroxyl groups is 1. The lowest BCUT2D eigenvalue weighted by Gasteiger charge is -2.15. The van der Waals surface area contributed by atoms with Gasteiger partial charge in [0.15, 0.2) is 0 Å². The molecule has 0 radical (unpaired) electrons. The van der Waals surface area contributed by atoms with Gasteiger partial charge >= 0.3 is 5.97 Å². The highest BCUT2D eigenvalue weighted by atomic mass is 16.5. The molecule has 0 amide bonds. The molecule has 4 aromatic carbocycles. The number of hydrogen-bond acceptors (Lipinski definition) is 3. The van der Waals surface area contributed by atoms with Crippen molar-refractivity contribution in [3.63, 3.8) is 0 Å². The van der Waals surface area contributed by atoms with Crippen LogP contribution < -0.4 is 0 Å². The average Bonchev–Trinajstić information content (AvgIpc) is 2.99. The standard InChI is InChI=1S/C39H44O3/c1-6-7-8-10-31-12-15-33(16-13-31)34-17-20-36(28(3)24-34)35-18-21-38(29(4)25-35)37-19-14-32(23-27(37)2)11-9-22-42-39(41)30(5)26-40/h12-21,23-25,40H,5-11,22,26H2,1-4H3. The van der Waals surface area contributed by atoms with Crippen LogP contribution in [0.3, 0.4) is 0 Å². The van der Waals surface area contributed by atoms with E-state index < -0.39 is 5.97 Å². The van der Waals surface area contributed by atoms with Crippen LogP contribution in [0.1, 0.15) is 60.4 Å². The second-order valence-electron chi connectivity index (χ2n) is 11.4. The smallest absolute Gasteiger partial charge is 0.335 e. The largest absolute Gasteiger partial charge is 0.462 e. The molecule has 3 heteroatoms. The van der Waals surface area contributed by atoms with E-state index in [9.17, 15) is 4.79 Å². The van der Waals surface area contributed by atoms with Crippen molar-refractivity contribution in [2.45, 2.75) is 66.2 Å². The van der Waals surface area contributed by atoms with Crippen molar-refractivity contribution < 1.29 is 14.6 Å². The Morgan fingerprint density at radius 2 is 1.21 bits per heavy atom. The van der Waals surface area contributed by atoms with Crippen LogP contribution in [-0.4, -0.2) is 24.3 Å². The van der Waals surface area contributed by atoms with Gasteiger partial charge in [-0.15, -0.1) is 0 Å². The third-order valence-electron chi connectivity index (χ3n) is 8.02. The lowest BCUT2D eigenvalue weighted by Crippen LogP contribution is -2.11. The van der Waals surface area contributed by atoms with Crippen LogP contribution in [0.4, 0.5) is 0 Å².